The molecule has 0 unspecified atom stereocenters. The Morgan fingerprint density at radius 2 is 2.05 bits per heavy atom. The molecule has 6 heteroatoms. The molecule has 1 heterocycles. The Balaban J connectivity index is 2.11. The zero-order chi connectivity index (χ0) is 13.8. The van der Waals surface area contributed by atoms with Gasteiger partial charge in [-0.25, -0.2) is 14.8 Å². The second-order valence-corrected chi connectivity index (χ2v) is 4.87. The second kappa shape index (κ2) is 5.81. The molecule has 0 fully saturated rings. The van der Waals surface area contributed by atoms with E-state index >= 15 is 0 Å². The lowest BCUT2D eigenvalue weighted by Crippen LogP contribution is -2.30. The summed E-state index contributed by atoms with van der Waals surface area (Å²) >= 11 is 1.38. The van der Waals surface area contributed by atoms with Crippen molar-refractivity contribution < 1.29 is 9.63 Å². The first kappa shape index (κ1) is 13.5. The molecule has 2 amide bonds. The normalized spacial score (nSPS) is 10.3. The molecule has 0 aliphatic heterocycles. The van der Waals surface area contributed by atoms with Crippen LogP contribution in [0.15, 0.2) is 29.6 Å². The van der Waals surface area contributed by atoms with E-state index in [4.69, 9.17) is 4.84 Å². The zero-order valence-corrected chi connectivity index (χ0v) is 11.8. The number of amides is 2. The van der Waals surface area contributed by atoms with Gasteiger partial charge in [0.2, 0.25) is 0 Å². The molecule has 0 atom stereocenters. The van der Waals surface area contributed by atoms with E-state index < -0.39 is 0 Å². The quantitative estimate of drug-likeness (QED) is 0.877. The molecule has 0 saturated heterocycles. The van der Waals surface area contributed by atoms with Gasteiger partial charge in [0.25, 0.3) is 0 Å². The first-order valence-electron chi connectivity index (χ1n) is 5.71. The number of benzene rings is 1. The number of urea groups is 1. The topological polar surface area (TPSA) is 54.5 Å². The highest BCUT2D eigenvalue weighted by Gasteiger charge is 2.11. The summed E-state index contributed by atoms with van der Waals surface area (Å²) in [6.07, 6.45) is 0. The first-order chi connectivity index (χ1) is 9.10. The second-order valence-electron chi connectivity index (χ2n) is 4.01. The van der Waals surface area contributed by atoms with E-state index in [1.165, 1.54) is 31.1 Å². The fraction of sp³-hybridized carbons (Fsp3) is 0.231. The number of carbonyl (C=O) groups is 1. The molecule has 19 heavy (non-hydrogen) atoms. The number of aryl methyl sites for hydroxylation is 1. The van der Waals surface area contributed by atoms with Crippen molar-refractivity contribution in [2.24, 2.45) is 0 Å². The van der Waals surface area contributed by atoms with E-state index in [2.05, 4.69) is 10.3 Å². The molecule has 0 aliphatic rings. The molecule has 0 aliphatic carbocycles. The molecule has 2 rings (SSSR count). The summed E-state index contributed by atoms with van der Waals surface area (Å²) in [6, 6.07) is 7.73. The highest BCUT2D eigenvalue weighted by Crippen LogP contribution is 2.25. The van der Waals surface area contributed by atoms with Crippen LogP contribution in [-0.2, 0) is 4.84 Å². The monoisotopic (exact) mass is 277 g/mol. The Hall–Kier alpha value is -1.92. The van der Waals surface area contributed by atoms with Gasteiger partial charge in [-0.2, -0.15) is 0 Å². The number of nitrogens with zero attached hydrogens (tertiary/aromatic N) is 2. The molecule has 1 aromatic carbocycles. The van der Waals surface area contributed by atoms with Crippen molar-refractivity contribution in [1.82, 2.24) is 10.0 Å². The van der Waals surface area contributed by atoms with Gasteiger partial charge in [-0.1, -0.05) is 29.8 Å². The predicted octanol–water partition coefficient (Wildman–Crippen LogP) is 3.14. The van der Waals surface area contributed by atoms with Crippen molar-refractivity contribution in [2.75, 3.05) is 19.5 Å². The summed E-state index contributed by atoms with van der Waals surface area (Å²) in [6.45, 7) is 2.04. The highest BCUT2D eigenvalue weighted by molar-refractivity contribution is 7.14. The van der Waals surface area contributed by atoms with Crippen LogP contribution >= 0.6 is 11.3 Å². The number of hydroxylamine groups is 2. The number of aromatic nitrogens is 1. The third-order valence-corrected chi connectivity index (χ3v) is 3.38. The van der Waals surface area contributed by atoms with E-state index in [1.807, 2.05) is 36.6 Å². The van der Waals surface area contributed by atoms with Gasteiger partial charge in [0, 0.05) is 18.0 Å². The number of nitrogens with one attached hydrogen (secondary N) is 1. The molecular formula is C13H15N3O2S. The molecule has 1 aromatic heterocycles. The third kappa shape index (κ3) is 3.30. The first-order valence-corrected chi connectivity index (χ1v) is 6.59. The zero-order valence-electron chi connectivity index (χ0n) is 11.0. The van der Waals surface area contributed by atoms with Crippen molar-refractivity contribution in [3.05, 3.63) is 35.2 Å². The predicted molar refractivity (Wildman–Crippen MR) is 76.1 cm³/mol. The van der Waals surface area contributed by atoms with Gasteiger partial charge in [-0.05, 0) is 6.92 Å². The van der Waals surface area contributed by atoms with E-state index in [9.17, 15) is 4.79 Å². The third-order valence-electron chi connectivity index (χ3n) is 2.63. The summed E-state index contributed by atoms with van der Waals surface area (Å²) in [5.41, 5.74) is 3.08. The molecule has 0 saturated carbocycles. The number of carbonyl (C=O) groups excluding carboxylic acids is 1. The van der Waals surface area contributed by atoms with Crippen molar-refractivity contribution in [3.8, 4) is 11.3 Å². The molecule has 0 radical (unpaired) electrons. The molecule has 0 bridgehead atoms. The Morgan fingerprint density at radius 3 is 2.68 bits per heavy atom. The summed E-state index contributed by atoms with van der Waals surface area (Å²) in [4.78, 5) is 20.7. The minimum atomic E-state index is -0.354. The van der Waals surface area contributed by atoms with Crippen molar-refractivity contribution in [2.45, 2.75) is 6.92 Å². The number of rotatable bonds is 3. The summed E-state index contributed by atoms with van der Waals surface area (Å²) in [5, 5.41) is 6.22. The average molecular weight is 277 g/mol. The smallest absolute Gasteiger partial charge is 0.282 e. The van der Waals surface area contributed by atoms with Gasteiger partial charge in [-0.3, -0.25) is 10.2 Å². The lowest BCUT2D eigenvalue weighted by molar-refractivity contribution is -0.0598. The van der Waals surface area contributed by atoms with Crippen LogP contribution in [0, 0.1) is 6.92 Å². The summed E-state index contributed by atoms with van der Waals surface area (Å²) in [7, 11) is 2.96. The number of thiazole rings is 1. The van der Waals surface area contributed by atoms with Gasteiger partial charge in [-0.15, -0.1) is 11.3 Å². The van der Waals surface area contributed by atoms with Crippen LogP contribution in [0.5, 0.6) is 0 Å². The van der Waals surface area contributed by atoms with Crippen molar-refractivity contribution in [1.29, 1.82) is 0 Å². The summed E-state index contributed by atoms with van der Waals surface area (Å²) < 4.78 is 0. The fourth-order valence-electron chi connectivity index (χ4n) is 1.44. The lowest BCUT2D eigenvalue weighted by Gasteiger charge is -2.12. The Labute approximate surface area is 115 Å². The number of anilines is 1. The van der Waals surface area contributed by atoms with Crippen LogP contribution < -0.4 is 5.32 Å². The van der Waals surface area contributed by atoms with Gasteiger partial charge >= 0.3 is 6.03 Å². The largest absolute Gasteiger partial charge is 0.347 e. The van der Waals surface area contributed by atoms with E-state index in [-0.39, 0.29) is 6.03 Å². The Morgan fingerprint density at radius 1 is 1.37 bits per heavy atom. The summed E-state index contributed by atoms with van der Waals surface area (Å²) in [5.74, 6) is 0. The molecule has 0 spiro atoms. The fourth-order valence-corrected chi connectivity index (χ4v) is 2.15. The standard InChI is InChI=1S/C13H15N3O2S/c1-9-4-6-10(7-5-9)11-8-19-12(14-11)15-13(17)16(2)18-3/h4-8H,1-3H3,(H,14,15,17). The van der Waals surface area contributed by atoms with Crippen LogP contribution in [-0.4, -0.2) is 30.2 Å². The lowest BCUT2D eigenvalue weighted by atomic mass is 10.1. The maximum absolute atomic E-state index is 11.6. The SMILES string of the molecule is CON(C)C(=O)Nc1nc(-c2ccc(C)cc2)cs1. The number of hydrogen-bond acceptors (Lipinski definition) is 4. The van der Waals surface area contributed by atoms with E-state index in [1.54, 1.807) is 0 Å². The van der Waals surface area contributed by atoms with E-state index in [0.29, 0.717) is 5.13 Å². The highest BCUT2D eigenvalue weighted by atomic mass is 32.1. The van der Waals surface area contributed by atoms with Gasteiger partial charge in [0.1, 0.15) is 0 Å². The number of hydrogen-bond donors (Lipinski definition) is 1. The van der Waals surface area contributed by atoms with Gasteiger partial charge < -0.3 is 0 Å². The maximum atomic E-state index is 11.6. The molecular weight excluding hydrogens is 262 g/mol. The minimum Gasteiger partial charge on any atom is -0.282 e. The Kier molecular flexibility index (Phi) is 4.13. The van der Waals surface area contributed by atoms with Crippen LogP contribution in [0.4, 0.5) is 9.93 Å². The van der Waals surface area contributed by atoms with Crippen LogP contribution in [0.3, 0.4) is 0 Å². The van der Waals surface area contributed by atoms with E-state index in [0.717, 1.165) is 16.3 Å². The van der Waals surface area contributed by atoms with Gasteiger partial charge in [0.05, 0.1) is 12.8 Å². The minimum absolute atomic E-state index is 0.354. The molecule has 100 valence electrons. The molecule has 2 aromatic rings. The van der Waals surface area contributed by atoms with Gasteiger partial charge in [0.15, 0.2) is 5.13 Å². The van der Waals surface area contributed by atoms with Crippen LogP contribution in [0.25, 0.3) is 11.3 Å². The maximum Gasteiger partial charge on any atom is 0.347 e. The van der Waals surface area contributed by atoms with Crippen LogP contribution in [0.2, 0.25) is 0 Å². The Bertz CT molecular complexity index is 566. The molecule has 5 nitrogen and oxygen atoms in total. The van der Waals surface area contributed by atoms with Crippen molar-refractivity contribution >= 4 is 22.5 Å². The molecule has 1 N–H and O–H groups in total. The average Bonchev–Trinajstić information content (AvgIpc) is 2.87. The van der Waals surface area contributed by atoms with Crippen molar-refractivity contribution in [3.63, 3.8) is 0 Å². The van der Waals surface area contributed by atoms with Crippen LogP contribution in [0.1, 0.15) is 5.56 Å².